The largest absolute Gasteiger partial charge is 0.468 e. The predicted octanol–water partition coefficient (Wildman–Crippen LogP) is 2.40. The first kappa shape index (κ1) is 13.5. The van der Waals surface area contributed by atoms with Gasteiger partial charge in [-0.1, -0.05) is 0 Å². The van der Waals surface area contributed by atoms with E-state index in [0.717, 1.165) is 44.0 Å². The van der Waals surface area contributed by atoms with Gasteiger partial charge in [0.25, 0.3) is 0 Å². The second-order valence-corrected chi connectivity index (χ2v) is 6.40. The molecule has 0 amide bonds. The molecule has 1 aliphatic carbocycles. The molecule has 3 rings (SSSR count). The van der Waals surface area contributed by atoms with E-state index >= 15 is 0 Å². The van der Waals surface area contributed by atoms with Crippen LogP contribution in [0.5, 0.6) is 0 Å². The summed E-state index contributed by atoms with van der Waals surface area (Å²) in [7, 11) is 2.04. The van der Waals surface area contributed by atoms with Crippen molar-refractivity contribution in [2.75, 3.05) is 20.3 Å². The molecule has 1 N–H and O–H groups in total. The molecule has 2 atom stereocenters. The second kappa shape index (κ2) is 5.87. The van der Waals surface area contributed by atoms with Crippen molar-refractivity contribution in [3.05, 3.63) is 24.2 Å². The van der Waals surface area contributed by atoms with E-state index in [1.165, 1.54) is 0 Å². The van der Waals surface area contributed by atoms with E-state index in [1.807, 2.05) is 30.9 Å². The molecule has 4 nitrogen and oxygen atoms in total. The molecular formula is C14H21NO3S. The molecule has 0 bridgehead atoms. The zero-order valence-electron chi connectivity index (χ0n) is 11.3. The lowest BCUT2D eigenvalue weighted by atomic mass is 9.89. The van der Waals surface area contributed by atoms with Crippen LogP contribution in [0.4, 0.5) is 0 Å². The molecule has 1 spiro atoms. The maximum absolute atomic E-state index is 5.85. The third kappa shape index (κ3) is 2.99. The number of hydrogen-bond donors (Lipinski definition) is 1. The van der Waals surface area contributed by atoms with Crippen molar-refractivity contribution in [3.63, 3.8) is 0 Å². The Morgan fingerprint density at radius 1 is 1.42 bits per heavy atom. The van der Waals surface area contributed by atoms with Crippen LogP contribution in [-0.4, -0.2) is 37.3 Å². The molecule has 0 radical (unpaired) electrons. The third-order valence-electron chi connectivity index (χ3n) is 4.00. The lowest BCUT2D eigenvalue weighted by Crippen LogP contribution is -2.48. The summed E-state index contributed by atoms with van der Waals surface area (Å²) in [6.07, 6.45) is 4.80. The van der Waals surface area contributed by atoms with Gasteiger partial charge in [-0.25, -0.2) is 0 Å². The van der Waals surface area contributed by atoms with Crippen molar-refractivity contribution >= 4 is 11.8 Å². The summed E-state index contributed by atoms with van der Waals surface area (Å²) >= 11 is 1.93. The third-order valence-corrected chi connectivity index (χ3v) is 5.38. The molecule has 1 saturated heterocycles. The van der Waals surface area contributed by atoms with E-state index < -0.39 is 0 Å². The van der Waals surface area contributed by atoms with Crippen molar-refractivity contribution in [3.8, 4) is 0 Å². The van der Waals surface area contributed by atoms with E-state index in [1.54, 1.807) is 6.26 Å². The smallest absolute Gasteiger partial charge is 0.169 e. The van der Waals surface area contributed by atoms with Gasteiger partial charge in [-0.05, 0) is 25.6 Å². The number of ether oxygens (including phenoxy) is 2. The van der Waals surface area contributed by atoms with Crippen LogP contribution < -0.4 is 5.32 Å². The molecule has 2 heterocycles. The maximum Gasteiger partial charge on any atom is 0.169 e. The Morgan fingerprint density at radius 2 is 2.26 bits per heavy atom. The van der Waals surface area contributed by atoms with Crippen LogP contribution in [0.15, 0.2) is 22.8 Å². The van der Waals surface area contributed by atoms with E-state index in [0.29, 0.717) is 11.3 Å². The lowest BCUT2D eigenvalue weighted by Gasteiger charge is -2.40. The fourth-order valence-corrected chi connectivity index (χ4v) is 4.38. The van der Waals surface area contributed by atoms with Crippen molar-refractivity contribution in [2.45, 2.75) is 42.1 Å². The molecule has 1 aromatic heterocycles. The van der Waals surface area contributed by atoms with Crippen molar-refractivity contribution in [2.24, 2.45) is 0 Å². The van der Waals surface area contributed by atoms with Crippen LogP contribution in [0.3, 0.4) is 0 Å². The monoisotopic (exact) mass is 283 g/mol. The van der Waals surface area contributed by atoms with Crippen LogP contribution in [0, 0.1) is 0 Å². The van der Waals surface area contributed by atoms with Gasteiger partial charge in [0.05, 0.1) is 25.2 Å². The van der Waals surface area contributed by atoms with Crippen LogP contribution in [-0.2, 0) is 15.2 Å². The van der Waals surface area contributed by atoms with Crippen LogP contribution in [0.1, 0.15) is 25.0 Å². The molecule has 2 unspecified atom stereocenters. The van der Waals surface area contributed by atoms with E-state index in [2.05, 4.69) is 5.32 Å². The van der Waals surface area contributed by atoms with E-state index in [9.17, 15) is 0 Å². The highest BCUT2D eigenvalue weighted by molar-refractivity contribution is 7.99. The van der Waals surface area contributed by atoms with Crippen LogP contribution in [0.2, 0.25) is 0 Å². The molecule has 0 aromatic carbocycles. The zero-order valence-corrected chi connectivity index (χ0v) is 12.1. The summed E-state index contributed by atoms with van der Waals surface area (Å²) in [4.78, 5) is 0. The molecule has 1 saturated carbocycles. The Bertz CT molecular complexity index is 389. The normalized spacial score (nSPS) is 29.9. The van der Waals surface area contributed by atoms with Gasteiger partial charge in [0.1, 0.15) is 5.76 Å². The first-order valence-corrected chi connectivity index (χ1v) is 7.95. The summed E-state index contributed by atoms with van der Waals surface area (Å²) in [6.45, 7) is 1.47. The number of hydrogen-bond acceptors (Lipinski definition) is 5. The Kier molecular flexibility index (Phi) is 4.17. The number of nitrogens with one attached hydrogen (secondary N) is 1. The van der Waals surface area contributed by atoms with E-state index in [-0.39, 0.29) is 5.79 Å². The molecule has 19 heavy (non-hydrogen) atoms. The second-order valence-electron chi connectivity index (χ2n) is 5.17. The Morgan fingerprint density at radius 3 is 2.95 bits per heavy atom. The summed E-state index contributed by atoms with van der Waals surface area (Å²) in [5.74, 6) is 1.63. The molecular weight excluding hydrogens is 262 g/mol. The molecule has 2 aliphatic rings. The highest BCUT2D eigenvalue weighted by Gasteiger charge is 2.44. The topological polar surface area (TPSA) is 43.6 Å². The van der Waals surface area contributed by atoms with Gasteiger partial charge in [0.2, 0.25) is 0 Å². The Balaban J connectivity index is 1.62. The highest BCUT2D eigenvalue weighted by Crippen LogP contribution is 2.41. The van der Waals surface area contributed by atoms with Gasteiger partial charge < -0.3 is 19.2 Å². The standard InChI is InChI=1S/C14H21NO3S/c1-15-12-4-5-14(17-7-8-18-14)9-13(12)19-10-11-3-2-6-16-11/h2-3,6,12-13,15H,4-5,7-10H2,1H3. The molecule has 5 heteroatoms. The number of thioether (sulfide) groups is 1. The first-order valence-electron chi connectivity index (χ1n) is 6.90. The molecule has 2 fully saturated rings. The first-order chi connectivity index (χ1) is 9.31. The van der Waals surface area contributed by atoms with Crippen molar-refractivity contribution in [1.29, 1.82) is 0 Å². The summed E-state index contributed by atoms with van der Waals surface area (Å²) < 4.78 is 17.1. The minimum absolute atomic E-state index is 0.311. The number of rotatable bonds is 4. The van der Waals surface area contributed by atoms with Crippen LogP contribution >= 0.6 is 11.8 Å². The Hall–Kier alpha value is -0.490. The number of furan rings is 1. The predicted molar refractivity (Wildman–Crippen MR) is 75.1 cm³/mol. The molecule has 1 aliphatic heterocycles. The van der Waals surface area contributed by atoms with Gasteiger partial charge in [0, 0.05) is 24.1 Å². The maximum atomic E-state index is 5.85. The Labute approximate surface area is 118 Å². The van der Waals surface area contributed by atoms with Gasteiger partial charge in [-0.2, -0.15) is 0 Å². The van der Waals surface area contributed by atoms with Crippen molar-refractivity contribution < 1.29 is 13.9 Å². The summed E-state index contributed by atoms with van der Waals surface area (Å²) in [5.41, 5.74) is 0. The van der Waals surface area contributed by atoms with Gasteiger partial charge in [-0.3, -0.25) is 0 Å². The molecule has 1 aromatic rings. The quantitative estimate of drug-likeness (QED) is 0.919. The van der Waals surface area contributed by atoms with Gasteiger partial charge >= 0.3 is 0 Å². The fourth-order valence-electron chi connectivity index (χ4n) is 2.96. The summed E-state index contributed by atoms with van der Waals surface area (Å²) in [6, 6.07) is 4.50. The van der Waals surface area contributed by atoms with Crippen molar-refractivity contribution in [1.82, 2.24) is 5.32 Å². The van der Waals surface area contributed by atoms with Gasteiger partial charge in [0.15, 0.2) is 5.79 Å². The average molecular weight is 283 g/mol. The zero-order chi connectivity index (χ0) is 13.1. The minimum atomic E-state index is -0.311. The highest BCUT2D eigenvalue weighted by atomic mass is 32.2. The minimum Gasteiger partial charge on any atom is -0.468 e. The average Bonchev–Trinajstić information content (AvgIpc) is 3.09. The summed E-state index contributed by atoms with van der Waals surface area (Å²) in [5, 5.41) is 3.93. The lowest BCUT2D eigenvalue weighted by molar-refractivity contribution is -0.177. The fraction of sp³-hybridized carbons (Fsp3) is 0.714. The van der Waals surface area contributed by atoms with Crippen LogP contribution in [0.25, 0.3) is 0 Å². The van der Waals surface area contributed by atoms with Gasteiger partial charge in [-0.15, -0.1) is 11.8 Å². The molecule has 106 valence electrons. The SMILES string of the molecule is CNC1CCC2(CC1SCc1ccco1)OCCO2. The van der Waals surface area contributed by atoms with E-state index in [4.69, 9.17) is 13.9 Å².